The number of terminal acetylenes is 2. The molecule has 120 valence electrons. The third-order valence-electron chi connectivity index (χ3n) is 4.23. The Morgan fingerprint density at radius 1 is 1.18 bits per heavy atom. The van der Waals surface area contributed by atoms with E-state index in [1.165, 1.54) is 0 Å². The lowest BCUT2D eigenvalue weighted by atomic mass is 9.87. The zero-order valence-corrected chi connectivity index (χ0v) is 14.4. The van der Waals surface area contributed by atoms with Gasteiger partial charge in [0, 0.05) is 11.8 Å². The SMILES string of the molecule is C#CC(C)C(CC)C(=O)C#CC(N)(C(C)C#C)N(CC)CC. The molecule has 0 aliphatic carbocycles. The number of carbonyl (C=O) groups is 1. The molecule has 0 amide bonds. The van der Waals surface area contributed by atoms with Crippen molar-refractivity contribution < 1.29 is 4.79 Å². The van der Waals surface area contributed by atoms with Gasteiger partial charge in [-0.15, -0.1) is 18.8 Å². The standard InChI is InChI=1S/C19H28N2O/c1-8-15(6)17(10-3)18(22)13-14-19(20,16(7)9-2)21(11-4)12-5/h1-2,15-17H,10-12,20H2,3-7H3. The summed E-state index contributed by atoms with van der Waals surface area (Å²) in [5, 5.41) is 0. The fourth-order valence-electron chi connectivity index (χ4n) is 2.47. The molecule has 0 saturated carbocycles. The normalized spacial score (nSPS) is 17.1. The second-order valence-electron chi connectivity index (χ2n) is 5.47. The minimum absolute atomic E-state index is 0.141. The molecule has 2 N–H and O–H groups in total. The predicted octanol–water partition coefficient (Wildman–Crippen LogP) is 2.12. The maximum Gasteiger partial charge on any atom is 0.209 e. The molecule has 4 atom stereocenters. The molecule has 3 nitrogen and oxygen atoms in total. The van der Waals surface area contributed by atoms with Crippen molar-refractivity contribution in [3.05, 3.63) is 0 Å². The minimum atomic E-state index is -1.01. The van der Waals surface area contributed by atoms with Crippen LogP contribution >= 0.6 is 0 Å². The van der Waals surface area contributed by atoms with Crippen LogP contribution in [0.3, 0.4) is 0 Å². The Kier molecular flexibility index (Phi) is 8.59. The molecular formula is C19H28N2O. The van der Waals surface area contributed by atoms with E-state index in [-0.39, 0.29) is 23.5 Å². The summed E-state index contributed by atoms with van der Waals surface area (Å²) in [5.74, 6) is 10.0. The Bertz CT molecular complexity index is 510. The van der Waals surface area contributed by atoms with Crippen molar-refractivity contribution in [1.82, 2.24) is 4.90 Å². The molecule has 0 aliphatic rings. The maximum atomic E-state index is 12.3. The molecule has 0 rings (SSSR count). The van der Waals surface area contributed by atoms with Gasteiger partial charge in [0.05, 0.1) is 5.92 Å². The topological polar surface area (TPSA) is 46.3 Å². The van der Waals surface area contributed by atoms with Gasteiger partial charge in [-0.2, -0.15) is 0 Å². The molecule has 0 aromatic rings. The maximum absolute atomic E-state index is 12.3. The van der Waals surface area contributed by atoms with Crippen LogP contribution in [0.5, 0.6) is 0 Å². The van der Waals surface area contributed by atoms with E-state index < -0.39 is 5.66 Å². The van der Waals surface area contributed by atoms with E-state index in [0.29, 0.717) is 19.5 Å². The lowest BCUT2D eigenvalue weighted by Crippen LogP contribution is -2.59. The average Bonchev–Trinajstić information content (AvgIpc) is 2.53. The highest BCUT2D eigenvalue weighted by molar-refractivity contribution is 5.97. The van der Waals surface area contributed by atoms with Crippen LogP contribution in [-0.4, -0.2) is 29.4 Å². The Morgan fingerprint density at radius 3 is 2.09 bits per heavy atom. The molecule has 0 bridgehead atoms. The second-order valence-corrected chi connectivity index (χ2v) is 5.47. The largest absolute Gasteiger partial charge is 0.302 e. The Labute approximate surface area is 136 Å². The number of hydrogen-bond acceptors (Lipinski definition) is 3. The van der Waals surface area contributed by atoms with Crippen molar-refractivity contribution in [3.8, 4) is 36.5 Å². The van der Waals surface area contributed by atoms with Crippen LogP contribution in [-0.2, 0) is 4.79 Å². The van der Waals surface area contributed by atoms with Crippen molar-refractivity contribution in [2.24, 2.45) is 23.5 Å². The molecular weight excluding hydrogens is 272 g/mol. The highest BCUT2D eigenvalue weighted by Gasteiger charge is 2.34. The van der Waals surface area contributed by atoms with Crippen LogP contribution in [0.25, 0.3) is 0 Å². The van der Waals surface area contributed by atoms with E-state index in [4.69, 9.17) is 18.6 Å². The average molecular weight is 300 g/mol. The van der Waals surface area contributed by atoms with Crippen molar-refractivity contribution in [2.75, 3.05) is 13.1 Å². The van der Waals surface area contributed by atoms with Gasteiger partial charge < -0.3 is 5.73 Å². The van der Waals surface area contributed by atoms with Gasteiger partial charge in [0.15, 0.2) is 0 Å². The molecule has 4 unspecified atom stereocenters. The first-order valence-electron chi connectivity index (χ1n) is 7.85. The van der Waals surface area contributed by atoms with Crippen molar-refractivity contribution in [2.45, 2.75) is 46.7 Å². The van der Waals surface area contributed by atoms with E-state index in [2.05, 4.69) is 23.7 Å². The Morgan fingerprint density at radius 2 is 1.73 bits per heavy atom. The van der Waals surface area contributed by atoms with Gasteiger partial charge in [-0.05, 0) is 32.4 Å². The molecule has 0 heterocycles. The first-order valence-corrected chi connectivity index (χ1v) is 7.85. The van der Waals surface area contributed by atoms with E-state index >= 15 is 0 Å². The lowest BCUT2D eigenvalue weighted by Gasteiger charge is -2.38. The van der Waals surface area contributed by atoms with Gasteiger partial charge in [0.2, 0.25) is 5.78 Å². The Hall–Kier alpha value is -1.73. The molecule has 0 aromatic carbocycles. The van der Waals surface area contributed by atoms with E-state index in [1.54, 1.807) is 0 Å². The van der Waals surface area contributed by atoms with Crippen molar-refractivity contribution >= 4 is 5.78 Å². The fourth-order valence-corrected chi connectivity index (χ4v) is 2.47. The van der Waals surface area contributed by atoms with Crippen molar-refractivity contribution in [1.29, 1.82) is 0 Å². The van der Waals surface area contributed by atoms with E-state index in [0.717, 1.165) is 0 Å². The summed E-state index contributed by atoms with van der Waals surface area (Å²) < 4.78 is 0. The molecule has 0 saturated heterocycles. The summed E-state index contributed by atoms with van der Waals surface area (Å²) in [6, 6.07) is 0. The quantitative estimate of drug-likeness (QED) is 0.445. The van der Waals surface area contributed by atoms with Crippen LogP contribution in [0, 0.1) is 54.3 Å². The molecule has 0 spiro atoms. The van der Waals surface area contributed by atoms with Crippen molar-refractivity contribution in [3.63, 3.8) is 0 Å². The van der Waals surface area contributed by atoms with E-state index in [9.17, 15) is 4.79 Å². The smallest absolute Gasteiger partial charge is 0.209 e. The third kappa shape index (κ3) is 4.64. The lowest BCUT2D eigenvalue weighted by molar-refractivity contribution is -0.118. The zero-order valence-electron chi connectivity index (χ0n) is 14.4. The van der Waals surface area contributed by atoms with Crippen LogP contribution in [0.2, 0.25) is 0 Å². The molecule has 3 heteroatoms. The number of nitrogens with zero attached hydrogens (tertiary/aromatic N) is 1. The highest BCUT2D eigenvalue weighted by Crippen LogP contribution is 2.19. The predicted molar refractivity (Wildman–Crippen MR) is 92.4 cm³/mol. The Balaban J connectivity index is 5.58. The third-order valence-corrected chi connectivity index (χ3v) is 4.23. The number of nitrogens with two attached hydrogens (primary N) is 1. The van der Waals surface area contributed by atoms with Gasteiger partial charge in [0.1, 0.15) is 5.66 Å². The molecule has 0 aromatic heterocycles. The summed E-state index contributed by atoms with van der Waals surface area (Å²) in [5.41, 5.74) is 5.42. The van der Waals surface area contributed by atoms with Crippen LogP contribution in [0.4, 0.5) is 0 Å². The van der Waals surface area contributed by atoms with E-state index in [1.807, 2.05) is 39.5 Å². The molecule has 0 aliphatic heterocycles. The minimum Gasteiger partial charge on any atom is -0.302 e. The second kappa shape index (κ2) is 9.32. The first kappa shape index (κ1) is 20.3. The number of ketones is 1. The molecule has 0 radical (unpaired) electrons. The summed E-state index contributed by atoms with van der Waals surface area (Å²) >= 11 is 0. The summed E-state index contributed by atoms with van der Waals surface area (Å²) in [4.78, 5) is 14.3. The zero-order chi connectivity index (χ0) is 17.3. The van der Waals surface area contributed by atoms with Crippen LogP contribution in [0.1, 0.15) is 41.0 Å². The van der Waals surface area contributed by atoms with Crippen LogP contribution < -0.4 is 5.73 Å². The first-order chi connectivity index (χ1) is 10.3. The van der Waals surface area contributed by atoms with Gasteiger partial charge >= 0.3 is 0 Å². The fraction of sp³-hybridized carbons (Fsp3) is 0.632. The summed E-state index contributed by atoms with van der Waals surface area (Å²) in [7, 11) is 0. The van der Waals surface area contributed by atoms with Gasteiger partial charge in [-0.3, -0.25) is 9.69 Å². The number of carbonyl (C=O) groups excluding carboxylic acids is 1. The van der Waals surface area contributed by atoms with Crippen LogP contribution in [0.15, 0.2) is 0 Å². The van der Waals surface area contributed by atoms with Gasteiger partial charge in [-0.25, -0.2) is 0 Å². The van der Waals surface area contributed by atoms with Gasteiger partial charge in [0.25, 0.3) is 0 Å². The highest BCUT2D eigenvalue weighted by atomic mass is 16.1. The van der Waals surface area contributed by atoms with Gasteiger partial charge in [-0.1, -0.05) is 39.5 Å². The molecule has 0 fully saturated rings. The summed E-state index contributed by atoms with van der Waals surface area (Å²) in [6.07, 6.45) is 11.6. The summed E-state index contributed by atoms with van der Waals surface area (Å²) in [6.45, 7) is 11.0. The molecule has 22 heavy (non-hydrogen) atoms. The number of Topliss-reactive ketones (excluding diaryl/α,β-unsaturated/α-hetero) is 1. The number of hydrogen-bond donors (Lipinski definition) is 1. The monoisotopic (exact) mass is 300 g/mol. The number of rotatable bonds is 7.